The van der Waals surface area contributed by atoms with Gasteiger partial charge < -0.3 is 19.2 Å². The zero-order valence-electron chi connectivity index (χ0n) is 17.1. The van der Waals surface area contributed by atoms with E-state index in [4.69, 9.17) is 13.9 Å². The van der Waals surface area contributed by atoms with Gasteiger partial charge in [-0.1, -0.05) is 0 Å². The fourth-order valence-electron chi connectivity index (χ4n) is 3.29. The SMILES string of the molecule is CC(C)NC(=O)NC(=O)[C@@H](C)OC(=O)COc1ccc2c3c(c(=O)oc2c1)CCC3. The van der Waals surface area contributed by atoms with Crippen molar-refractivity contribution in [3.63, 3.8) is 0 Å². The number of aryl methyl sites for hydroxylation is 1. The van der Waals surface area contributed by atoms with Gasteiger partial charge in [0.1, 0.15) is 11.3 Å². The number of amides is 3. The van der Waals surface area contributed by atoms with Crippen molar-refractivity contribution in [2.75, 3.05) is 6.61 Å². The number of fused-ring (bicyclic) bond motifs is 3. The fourth-order valence-corrected chi connectivity index (χ4v) is 3.29. The summed E-state index contributed by atoms with van der Waals surface area (Å²) < 4.78 is 15.7. The van der Waals surface area contributed by atoms with E-state index < -0.39 is 30.6 Å². The summed E-state index contributed by atoms with van der Waals surface area (Å²) >= 11 is 0. The Balaban J connectivity index is 1.56. The minimum absolute atomic E-state index is 0.142. The van der Waals surface area contributed by atoms with Gasteiger partial charge in [-0.25, -0.2) is 14.4 Å². The Hall–Kier alpha value is -3.36. The summed E-state index contributed by atoms with van der Waals surface area (Å²) in [6.45, 7) is 4.39. The molecule has 30 heavy (non-hydrogen) atoms. The first-order chi connectivity index (χ1) is 14.2. The normalized spacial score (nSPS) is 13.6. The highest BCUT2D eigenvalue weighted by Crippen LogP contribution is 2.29. The number of hydrogen-bond donors (Lipinski definition) is 2. The minimum atomic E-state index is -1.17. The first-order valence-corrected chi connectivity index (χ1v) is 9.77. The third-order valence-corrected chi connectivity index (χ3v) is 4.64. The van der Waals surface area contributed by atoms with Crippen LogP contribution in [0.1, 0.15) is 38.3 Å². The summed E-state index contributed by atoms with van der Waals surface area (Å²) in [7, 11) is 0. The predicted molar refractivity (Wildman–Crippen MR) is 107 cm³/mol. The molecule has 3 rings (SSSR count). The lowest BCUT2D eigenvalue weighted by molar-refractivity contribution is -0.156. The van der Waals surface area contributed by atoms with Gasteiger partial charge in [-0.3, -0.25) is 10.1 Å². The highest BCUT2D eigenvalue weighted by molar-refractivity contribution is 5.97. The van der Waals surface area contributed by atoms with E-state index in [0.29, 0.717) is 11.3 Å². The largest absolute Gasteiger partial charge is 0.482 e. The van der Waals surface area contributed by atoms with Crippen LogP contribution < -0.4 is 21.0 Å². The summed E-state index contributed by atoms with van der Waals surface area (Å²) in [6, 6.07) is 4.22. The summed E-state index contributed by atoms with van der Waals surface area (Å²) in [6.07, 6.45) is 1.31. The Labute approximate surface area is 172 Å². The van der Waals surface area contributed by atoms with E-state index in [0.717, 1.165) is 35.8 Å². The molecule has 1 atom stereocenters. The van der Waals surface area contributed by atoms with Gasteiger partial charge in [0.15, 0.2) is 12.7 Å². The molecule has 0 unspecified atom stereocenters. The Morgan fingerprint density at radius 1 is 1.13 bits per heavy atom. The van der Waals surface area contributed by atoms with Crippen LogP contribution in [0.15, 0.2) is 27.4 Å². The number of carbonyl (C=O) groups is 3. The molecule has 1 aliphatic rings. The van der Waals surface area contributed by atoms with Crippen LogP contribution in [0.5, 0.6) is 5.75 Å². The topological polar surface area (TPSA) is 124 Å². The first-order valence-electron chi connectivity index (χ1n) is 9.77. The molecule has 0 spiro atoms. The van der Waals surface area contributed by atoms with Crippen molar-refractivity contribution in [1.82, 2.24) is 10.6 Å². The number of esters is 1. The molecule has 0 saturated heterocycles. The van der Waals surface area contributed by atoms with Gasteiger partial charge in [0, 0.05) is 23.1 Å². The predicted octanol–water partition coefficient (Wildman–Crippen LogP) is 1.83. The maximum atomic E-state index is 12.1. The number of urea groups is 1. The molecule has 2 aromatic rings. The lowest BCUT2D eigenvalue weighted by Gasteiger charge is -2.14. The second-order valence-corrected chi connectivity index (χ2v) is 7.40. The van der Waals surface area contributed by atoms with Gasteiger partial charge in [0.25, 0.3) is 5.91 Å². The van der Waals surface area contributed by atoms with E-state index >= 15 is 0 Å². The van der Waals surface area contributed by atoms with E-state index in [-0.39, 0.29) is 11.7 Å². The number of ether oxygens (including phenoxy) is 2. The molecule has 0 saturated carbocycles. The molecule has 0 aliphatic heterocycles. The summed E-state index contributed by atoms with van der Waals surface area (Å²) in [4.78, 5) is 47.5. The highest BCUT2D eigenvalue weighted by atomic mass is 16.6. The van der Waals surface area contributed by atoms with Crippen molar-refractivity contribution in [3.8, 4) is 5.75 Å². The van der Waals surface area contributed by atoms with Crippen molar-refractivity contribution < 1.29 is 28.3 Å². The third kappa shape index (κ3) is 4.97. The monoisotopic (exact) mass is 416 g/mol. The summed E-state index contributed by atoms with van der Waals surface area (Å²) in [5.41, 5.74) is 1.80. The van der Waals surface area contributed by atoms with E-state index in [1.54, 1.807) is 32.0 Å². The van der Waals surface area contributed by atoms with Gasteiger partial charge in [-0.05, 0) is 57.7 Å². The quantitative estimate of drug-likeness (QED) is 0.544. The zero-order valence-corrected chi connectivity index (χ0v) is 17.1. The van der Waals surface area contributed by atoms with Crippen LogP contribution in [0, 0.1) is 0 Å². The molecule has 0 bridgehead atoms. The van der Waals surface area contributed by atoms with Crippen LogP contribution in [0.25, 0.3) is 11.0 Å². The number of imide groups is 1. The van der Waals surface area contributed by atoms with Gasteiger partial charge in [-0.15, -0.1) is 0 Å². The second kappa shape index (κ2) is 8.98. The van der Waals surface area contributed by atoms with Crippen molar-refractivity contribution in [3.05, 3.63) is 39.7 Å². The molecule has 9 nitrogen and oxygen atoms in total. The van der Waals surface area contributed by atoms with Gasteiger partial charge in [0.05, 0.1) is 0 Å². The van der Waals surface area contributed by atoms with Gasteiger partial charge in [0.2, 0.25) is 0 Å². The van der Waals surface area contributed by atoms with Gasteiger partial charge >= 0.3 is 17.6 Å². The third-order valence-electron chi connectivity index (χ3n) is 4.64. The maximum absolute atomic E-state index is 12.1. The van der Waals surface area contributed by atoms with Crippen LogP contribution in [0.2, 0.25) is 0 Å². The van der Waals surface area contributed by atoms with Crippen LogP contribution in [0.4, 0.5) is 4.79 Å². The Kier molecular flexibility index (Phi) is 6.39. The number of hydrogen-bond acceptors (Lipinski definition) is 7. The summed E-state index contributed by atoms with van der Waals surface area (Å²) in [5, 5.41) is 5.45. The molecule has 160 valence electrons. The van der Waals surface area contributed by atoms with Crippen LogP contribution in [-0.2, 0) is 27.2 Å². The smallest absolute Gasteiger partial charge is 0.344 e. The number of nitrogens with one attached hydrogen (secondary N) is 2. The van der Waals surface area contributed by atoms with Crippen LogP contribution in [-0.4, -0.2) is 36.7 Å². The molecule has 1 aromatic heterocycles. The van der Waals surface area contributed by atoms with Gasteiger partial charge in [-0.2, -0.15) is 0 Å². The Morgan fingerprint density at radius 3 is 2.60 bits per heavy atom. The van der Waals surface area contributed by atoms with E-state index in [1.807, 2.05) is 0 Å². The summed E-state index contributed by atoms with van der Waals surface area (Å²) in [5.74, 6) is -1.20. The van der Waals surface area contributed by atoms with Crippen LogP contribution in [0.3, 0.4) is 0 Å². The molecule has 1 heterocycles. The molecule has 1 aliphatic carbocycles. The van der Waals surface area contributed by atoms with Crippen molar-refractivity contribution in [2.45, 2.75) is 52.2 Å². The number of benzene rings is 1. The Morgan fingerprint density at radius 2 is 1.87 bits per heavy atom. The van der Waals surface area contributed by atoms with Crippen molar-refractivity contribution >= 4 is 28.9 Å². The fraction of sp³-hybridized carbons (Fsp3) is 0.429. The molecule has 9 heteroatoms. The first kappa shape index (κ1) is 21.4. The lowest BCUT2D eigenvalue weighted by Crippen LogP contribution is -2.46. The van der Waals surface area contributed by atoms with E-state index in [2.05, 4.69) is 10.6 Å². The molecule has 3 amide bonds. The molecule has 0 radical (unpaired) electrons. The number of carbonyl (C=O) groups excluding carboxylic acids is 3. The zero-order chi connectivity index (χ0) is 21.8. The average Bonchev–Trinajstić information content (AvgIpc) is 3.16. The van der Waals surface area contributed by atoms with Crippen molar-refractivity contribution in [2.24, 2.45) is 0 Å². The molecule has 2 N–H and O–H groups in total. The molecule has 1 aromatic carbocycles. The van der Waals surface area contributed by atoms with E-state index in [1.165, 1.54) is 6.92 Å². The highest BCUT2D eigenvalue weighted by Gasteiger charge is 2.22. The minimum Gasteiger partial charge on any atom is -0.482 e. The maximum Gasteiger partial charge on any atom is 0.344 e. The standard InChI is InChI=1S/C21H24N2O7/c1-11(2)22-21(27)23-19(25)12(3)29-18(24)10-28-13-7-8-15-14-5-4-6-16(14)20(26)30-17(15)9-13/h7-9,11-12H,4-6,10H2,1-3H3,(H2,22,23,25,27)/t12-/m1/s1. The molecular weight excluding hydrogens is 392 g/mol. The number of rotatable bonds is 6. The molecule has 0 fully saturated rings. The van der Waals surface area contributed by atoms with Crippen molar-refractivity contribution in [1.29, 1.82) is 0 Å². The average molecular weight is 416 g/mol. The second-order valence-electron chi connectivity index (χ2n) is 7.40. The van der Waals surface area contributed by atoms with Crippen LogP contribution >= 0.6 is 0 Å². The van der Waals surface area contributed by atoms with E-state index in [9.17, 15) is 19.2 Å². The Bertz CT molecular complexity index is 1040. The molecular formula is C21H24N2O7. The lowest BCUT2D eigenvalue weighted by atomic mass is 10.1.